The summed E-state index contributed by atoms with van der Waals surface area (Å²) in [6.07, 6.45) is 1.21. The number of nitrogens with two attached hydrogens (primary N) is 1. The molecule has 2 aromatic rings. The lowest BCUT2D eigenvalue weighted by Gasteiger charge is -2.22. The molecule has 0 bridgehead atoms. The number of hydrogen-bond acceptors (Lipinski definition) is 2. The largest absolute Gasteiger partial charge is 0.392 e. The number of hydrogen-bond donors (Lipinski definition) is 2. The first kappa shape index (κ1) is 14.8. The topological polar surface area (TPSA) is 46.2 Å². The van der Waals surface area contributed by atoms with Crippen molar-refractivity contribution in [1.82, 2.24) is 0 Å². The van der Waals surface area contributed by atoms with Crippen LogP contribution in [0.15, 0.2) is 54.6 Å². The molecular weight excluding hydrogens is 246 g/mol. The highest BCUT2D eigenvalue weighted by atomic mass is 16.3. The second-order valence-electron chi connectivity index (χ2n) is 5.35. The predicted molar refractivity (Wildman–Crippen MR) is 83.7 cm³/mol. The molecule has 3 N–H and O–H groups in total. The van der Waals surface area contributed by atoms with E-state index in [2.05, 4.69) is 37.3 Å². The Morgan fingerprint density at radius 3 is 2.45 bits per heavy atom. The highest BCUT2D eigenvalue weighted by Crippen LogP contribution is 2.22. The highest BCUT2D eigenvalue weighted by molar-refractivity contribution is 5.27. The van der Waals surface area contributed by atoms with E-state index in [1.165, 1.54) is 11.1 Å². The molecule has 0 spiro atoms. The first-order valence-electron chi connectivity index (χ1n) is 7.19. The molecule has 0 aliphatic carbocycles. The molecule has 2 rings (SSSR count). The van der Waals surface area contributed by atoms with Crippen LogP contribution in [0.2, 0.25) is 0 Å². The van der Waals surface area contributed by atoms with E-state index in [9.17, 15) is 5.11 Å². The molecule has 2 nitrogen and oxygen atoms in total. The van der Waals surface area contributed by atoms with E-state index in [0.717, 1.165) is 18.4 Å². The van der Waals surface area contributed by atoms with Gasteiger partial charge in [0, 0.05) is 12.5 Å². The lowest BCUT2D eigenvalue weighted by atomic mass is 9.89. The van der Waals surface area contributed by atoms with Gasteiger partial charge in [0.05, 0.1) is 6.10 Å². The molecule has 0 fully saturated rings. The second kappa shape index (κ2) is 7.22. The smallest absolute Gasteiger partial charge is 0.0624 e. The monoisotopic (exact) mass is 269 g/mol. The fourth-order valence-corrected chi connectivity index (χ4v) is 2.58. The number of benzene rings is 2. The predicted octanol–water partition coefficient (Wildman–Crippen LogP) is 3.03. The van der Waals surface area contributed by atoms with Crippen molar-refractivity contribution in [3.63, 3.8) is 0 Å². The Morgan fingerprint density at radius 1 is 1.05 bits per heavy atom. The summed E-state index contributed by atoms with van der Waals surface area (Å²) in [5.74, 6) is 0.0126. The number of aliphatic hydroxyl groups excluding tert-OH is 1. The quantitative estimate of drug-likeness (QED) is 0.846. The summed E-state index contributed by atoms with van der Waals surface area (Å²) >= 11 is 0. The standard InChI is InChI=1S/C18H23NO/c1-14-6-5-9-16(12-14)17(13-19)18(20)11-10-15-7-3-2-4-8-15/h2-9,12,17-18,20H,10-11,13,19H2,1H3. The molecule has 0 aliphatic heterocycles. The molecule has 2 heteroatoms. The number of rotatable bonds is 6. The van der Waals surface area contributed by atoms with E-state index in [1.807, 2.05) is 24.3 Å². The van der Waals surface area contributed by atoms with E-state index in [4.69, 9.17) is 5.73 Å². The van der Waals surface area contributed by atoms with Crippen molar-refractivity contribution >= 4 is 0 Å². The Kier molecular flexibility index (Phi) is 5.33. The summed E-state index contributed by atoms with van der Waals surface area (Å²) in [6.45, 7) is 2.53. The van der Waals surface area contributed by atoms with E-state index in [0.29, 0.717) is 6.54 Å². The lowest BCUT2D eigenvalue weighted by molar-refractivity contribution is 0.136. The van der Waals surface area contributed by atoms with Gasteiger partial charge in [-0.3, -0.25) is 0 Å². The van der Waals surface area contributed by atoms with Crippen LogP contribution in [0, 0.1) is 6.92 Å². The van der Waals surface area contributed by atoms with Crippen molar-refractivity contribution in [3.8, 4) is 0 Å². The average molecular weight is 269 g/mol. The molecule has 0 aromatic heterocycles. The lowest BCUT2D eigenvalue weighted by Crippen LogP contribution is -2.26. The van der Waals surface area contributed by atoms with Crippen LogP contribution in [-0.4, -0.2) is 17.8 Å². The summed E-state index contributed by atoms with van der Waals surface area (Å²) in [7, 11) is 0. The van der Waals surface area contributed by atoms with Crippen molar-refractivity contribution in [2.75, 3.05) is 6.54 Å². The zero-order valence-corrected chi connectivity index (χ0v) is 12.0. The second-order valence-corrected chi connectivity index (χ2v) is 5.35. The van der Waals surface area contributed by atoms with Crippen LogP contribution in [0.5, 0.6) is 0 Å². The van der Waals surface area contributed by atoms with Crippen LogP contribution < -0.4 is 5.73 Å². The van der Waals surface area contributed by atoms with Crippen LogP contribution in [0.4, 0.5) is 0 Å². The van der Waals surface area contributed by atoms with Gasteiger partial charge in [-0.05, 0) is 30.9 Å². The fourth-order valence-electron chi connectivity index (χ4n) is 2.58. The van der Waals surface area contributed by atoms with Gasteiger partial charge in [-0.2, -0.15) is 0 Å². The fraction of sp³-hybridized carbons (Fsp3) is 0.333. The summed E-state index contributed by atoms with van der Waals surface area (Å²) in [4.78, 5) is 0. The van der Waals surface area contributed by atoms with Crippen molar-refractivity contribution in [2.45, 2.75) is 31.8 Å². The zero-order valence-electron chi connectivity index (χ0n) is 12.0. The van der Waals surface area contributed by atoms with Crippen molar-refractivity contribution < 1.29 is 5.11 Å². The van der Waals surface area contributed by atoms with Gasteiger partial charge in [0.25, 0.3) is 0 Å². The van der Waals surface area contributed by atoms with Crippen LogP contribution >= 0.6 is 0 Å². The molecule has 2 unspecified atom stereocenters. The minimum Gasteiger partial charge on any atom is -0.392 e. The summed E-state index contributed by atoms with van der Waals surface area (Å²) < 4.78 is 0. The molecule has 0 aliphatic rings. The van der Waals surface area contributed by atoms with Crippen LogP contribution in [-0.2, 0) is 6.42 Å². The van der Waals surface area contributed by atoms with Gasteiger partial charge >= 0.3 is 0 Å². The molecule has 20 heavy (non-hydrogen) atoms. The minimum absolute atomic E-state index is 0.0126. The van der Waals surface area contributed by atoms with E-state index in [-0.39, 0.29) is 5.92 Å². The molecule has 0 amide bonds. The van der Waals surface area contributed by atoms with Gasteiger partial charge in [0.15, 0.2) is 0 Å². The Morgan fingerprint density at radius 2 is 1.80 bits per heavy atom. The van der Waals surface area contributed by atoms with Crippen LogP contribution in [0.1, 0.15) is 29.0 Å². The van der Waals surface area contributed by atoms with Gasteiger partial charge in [-0.15, -0.1) is 0 Å². The Labute approximate surface area is 121 Å². The molecular formula is C18H23NO. The van der Waals surface area contributed by atoms with Crippen molar-refractivity contribution in [2.24, 2.45) is 5.73 Å². The molecule has 2 atom stereocenters. The maximum absolute atomic E-state index is 10.4. The van der Waals surface area contributed by atoms with Crippen molar-refractivity contribution in [1.29, 1.82) is 0 Å². The maximum Gasteiger partial charge on any atom is 0.0624 e. The van der Waals surface area contributed by atoms with Gasteiger partial charge in [0.1, 0.15) is 0 Å². The number of aryl methyl sites for hydroxylation is 2. The first-order valence-corrected chi connectivity index (χ1v) is 7.19. The van der Waals surface area contributed by atoms with Crippen molar-refractivity contribution in [3.05, 3.63) is 71.3 Å². The minimum atomic E-state index is -0.401. The molecule has 2 aromatic carbocycles. The Balaban J connectivity index is 2.00. The average Bonchev–Trinajstić information content (AvgIpc) is 2.47. The molecule has 0 saturated carbocycles. The van der Waals surface area contributed by atoms with Crippen LogP contribution in [0.3, 0.4) is 0 Å². The van der Waals surface area contributed by atoms with Crippen LogP contribution in [0.25, 0.3) is 0 Å². The molecule has 0 heterocycles. The highest BCUT2D eigenvalue weighted by Gasteiger charge is 2.19. The molecule has 0 saturated heterocycles. The van der Waals surface area contributed by atoms with Gasteiger partial charge in [0.2, 0.25) is 0 Å². The van der Waals surface area contributed by atoms with E-state index in [1.54, 1.807) is 0 Å². The summed E-state index contributed by atoms with van der Waals surface area (Å²) in [6, 6.07) is 18.5. The van der Waals surface area contributed by atoms with Gasteiger partial charge < -0.3 is 10.8 Å². The van der Waals surface area contributed by atoms with Gasteiger partial charge in [-0.1, -0.05) is 60.2 Å². The summed E-state index contributed by atoms with van der Waals surface area (Å²) in [5.41, 5.74) is 9.46. The third-order valence-corrected chi connectivity index (χ3v) is 3.76. The van der Waals surface area contributed by atoms with E-state index >= 15 is 0 Å². The maximum atomic E-state index is 10.4. The Bertz CT molecular complexity index is 524. The van der Waals surface area contributed by atoms with Gasteiger partial charge in [-0.25, -0.2) is 0 Å². The number of aliphatic hydroxyl groups is 1. The third kappa shape index (κ3) is 3.92. The first-order chi connectivity index (χ1) is 9.70. The normalized spacial score (nSPS) is 13.9. The molecule has 106 valence electrons. The molecule has 0 radical (unpaired) electrons. The Hall–Kier alpha value is -1.64. The third-order valence-electron chi connectivity index (χ3n) is 3.76. The summed E-state index contributed by atoms with van der Waals surface area (Å²) in [5, 5.41) is 10.4. The van der Waals surface area contributed by atoms with E-state index < -0.39 is 6.10 Å². The SMILES string of the molecule is Cc1cccc(C(CN)C(O)CCc2ccccc2)c1. The zero-order chi connectivity index (χ0) is 14.4.